The molecule has 0 saturated heterocycles. The highest BCUT2D eigenvalue weighted by Gasteiger charge is 2.20. The summed E-state index contributed by atoms with van der Waals surface area (Å²) in [5.74, 6) is 1.95. The molecule has 0 fully saturated rings. The van der Waals surface area contributed by atoms with Gasteiger partial charge in [-0.25, -0.2) is 4.68 Å². The summed E-state index contributed by atoms with van der Waals surface area (Å²) < 4.78 is 8.01. The summed E-state index contributed by atoms with van der Waals surface area (Å²) in [4.78, 5) is 1.23. The number of unbranched alkanes of at least 4 members (excludes halogenated alkanes) is 5. The van der Waals surface area contributed by atoms with E-state index in [1.54, 1.807) is 0 Å². The molecule has 1 aliphatic heterocycles. The van der Waals surface area contributed by atoms with Gasteiger partial charge in [-0.3, -0.25) is 0 Å². The number of ether oxygens (including phenoxy) is 1. The maximum atomic E-state index is 6.07. The third-order valence-corrected chi connectivity index (χ3v) is 5.52. The molecule has 3 rings (SSSR count). The zero-order chi connectivity index (χ0) is 16.6. The molecule has 1 aromatic carbocycles. The first-order chi connectivity index (χ1) is 11.8. The van der Waals surface area contributed by atoms with Gasteiger partial charge in [0.05, 0.1) is 12.2 Å². The van der Waals surface area contributed by atoms with E-state index in [0.29, 0.717) is 0 Å². The van der Waals surface area contributed by atoms with Gasteiger partial charge in [0.25, 0.3) is 0 Å². The van der Waals surface area contributed by atoms with Crippen LogP contribution >= 0.6 is 11.8 Å². The van der Waals surface area contributed by atoms with E-state index < -0.39 is 0 Å². The first-order valence-electron chi connectivity index (χ1n) is 9.12. The lowest BCUT2D eigenvalue weighted by Gasteiger charge is -2.25. The number of benzene rings is 1. The van der Waals surface area contributed by atoms with Crippen LogP contribution in [-0.4, -0.2) is 26.9 Å². The predicted octanol–water partition coefficient (Wildman–Crippen LogP) is 4.73. The Morgan fingerprint density at radius 1 is 1.17 bits per heavy atom. The van der Waals surface area contributed by atoms with Gasteiger partial charge in [-0.2, -0.15) is 0 Å². The van der Waals surface area contributed by atoms with Gasteiger partial charge in [0.1, 0.15) is 11.9 Å². The molecule has 1 aliphatic rings. The van der Waals surface area contributed by atoms with Crippen molar-refractivity contribution < 1.29 is 4.74 Å². The number of para-hydroxylation sites is 1. The van der Waals surface area contributed by atoms with Crippen LogP contribution in [0.15, 0.2) is 35.4 Å². The van der Waals surface area contributed by atoms with E-state index >= 15 is 0 Å². The average Bonchev–Trinajstić information content (AvgIpc) is 3.05. The van der Waals surface area contributed by atoms with Crippen molar-refractivity contribution in [3.63, 3.8) is 0 Å². The highest BCUT2D eigenvalue weighted by Crippen LogP contribution is 2.35. The molecule has 0 bridgehead atoms. The molecule has 2 heterocycles. The minimum atomic E-state index is 0.161. The minimum Gasteiger partial charge on any atom is -0.486 e. The molecular formula is C19H27N3OS. The summed E-state index contributed by atoms with van der Waals surface area (Å²) in [6.45, 7) is 3.02. The predicted molar refractivity (Wildman–Crippen MR) is 98.7 cm³/mol. The molecule has 24 heavy (non-hydrogen) atoms. The van der Waals surface area contributed by atoms with Crippen LogP contribution in [0, 0.1) is 0 Å². The highest BCUT2D eigenvalue weighted by molar-refractivity contribution is 7.99. The van der Waals surface area contributed by atoms with Crippen LogP contribution in [0.3, 0.4) is 0 Å². The van der Waals surface area contributed by atoms with Crippen molar-refractivity contribution in [1.29, 1.82) is 0 Å². The van der Waals surface area contributed by atoms with Crippen molar-refractivity contribution >= 4 is 11.8 Å². The van der Waals surface area contributed by atoms with Gasteiger partial charge in [-0.1, -0.05) is 56.4 Å². The van der Waals surface area contributed by atoms with Crippen molar-refractivity contribution in [1.82, 2.24) is 15.0 Å². The van der Waals surface area contributed by atoms with Crippen LogP contribution in [0.1, 0.15) is 51.1 Å². The highest BCUT2D eigenvalue weighted by atomic mass is 32.2. The summed E-state index contributed by atoms with van der Waals surface area (Å²) in [5, 5.41) is 8.58. The van der Waals surface area contributed by atoms with Gasteiger partial charge in [0.15, 0.2) is 0 Å². The summed E-state index contributed by atoms with van der Waals surface area (Å²) in [6, 6.07) is 8.24. The minimum absolute atomic E-state index is 0.161. The Bertz CT molecular complexity index is 629. The Morgan fingerprint density at radius 2 is 2.00 bits per heavy atom. The fourth-order valence-corrected chi connectivity index (χ4v) is 3.96. The molecule has 1 unspecified atom stereocenters. The number of rotatable bonds is 9. The number of aromatic nitrogens is 3. The second-order valence-corrected chi connectivity index (χ2v) is 7.51. The summed E-state index contributed by atoms with van der Waals surface area (Å²) in [5.41, 5.74) is 1.11. The molecule has 5 heteroatoms. The maximum Gasteiger partial charge on any atom is 0.133 e. The first kappa shape index (κ1) is 17.3. The van der Waals surface area contributed by atoms with E-state index in [-0.39, 0.29) is 6.10 Å². The molecule has 1 aromatic heterocycles. The Balaban J connectivity index is 1.42. The normalized spacial score (nSPS) is 16.6. The standard InChI is InChI=1S/C19H27N3OS/c1-2-3-4-5-6-7-10-16-13-22(21-20-16)14-17-15-24-19-12-9-8-11-18(19)23-17/h8-9,11-13,17H,2-7,10,14-15H2,1H3. The van der Waals surface area contributed by atoms with E-state index in [2.05, 4.69) is 35.6 Å². The van der Waals surface area contributed by atoms with Crippen LogP contribution in [0.25, 0.3) is 0 Å². The topological polar surface area (TPSA) is 39.9 Å². The van der Waals surface area contributed by atoms with Crippen molar-refractivity contribution in [2.24, 2.45) is 0 Å². The molecule has 0 radical (unpaired) electrons. The molecule has 4 nitrogen and oxygen atoms in total. The third kappa shape index (κ3) is 5.00. The summed E-state index contributed by atoms with van der Waals surface area (Å²) >= 11 is 1.86. The number of aryl methyl sites for hydroxylation is 1. The van der Waals surface area contributed by atoms with E-state index in [4.69, 9.17) is 4.74 Å². The van der Waals surface area contributed by atoms with E-state index in [1.165, 1.54) is 43.4 Å². The van der Waals surface area contributed by atoms with Gasteiger partial charge in [0, 0.05) is 16.8 Å². The van der Waals surface area contributed by atoms with Crippen LogP contribution in [0.5, 0.6) is 5.75 Å². The Kier molecular flexibility index (Phi) is 6.58. The molecule has 1 atom stereocenters. The van der Waals surface area contributed by atoms with Crippen LogP contribution in [0.2, 0.25) is 0 Å². The molecule has 2 aromatic rings. The Hall–Kier alpha value is -1.49. The lowest BCUT2D eigenvalue weighted by molar-refractivity contribution is 0.188. The number of hydrogen-bond acceptors (Lipinski definition) is 4. The van der Waals surface area contributed by atoms with Crippen LogP contribution in [-0.2, 0) is 13.0 Å². The first-order valence-corrected chi connectivity index (χ1v) is 10.1. The van der Waals surface area contributed by atoms with Crippen molar-refractivity contribution in [2.75, 3.05) is 5.75 Å². The molecular weight excluding hydrogens is 318 g/mol. The number of fused-ring (bicyclic) bond motifs is 1. The van der Waals surface area contributed by atoms with Crippen molar-refractivity contribution in [2.45, 2.75) is 69.4 Å². The average molecular weight is 346 g/mol. The molecule has 0 saturated carbocycles. The fourth-order valence-electron chi connectivity index (χ4n) is 2.99. The molecule has 0 aliphatic carbocycles. The van der Waals surface area contributed by atoms with Crippen molar-refractivity contribution in [3.05, 3.63) is 36.2 Å². The van der Waals surface area contributed by atoms with Crippen LogP contribution < -0.4 is 4.74 Å². The molecule has 0 amide bonds. The number of thioether (sulfide) groups is 1. The molecule has 0 N–H and O–H groups in total. The van der Waals surface area contributed by atoms with Gasteiger partial charge in [-0.15, -0.1) is 16.9 Å². The lowest BCUT2D eigenvalue weighted by atomic mass is 10.1. The number of nitrogens with zero attached hydrogens (tertiary/aromatic N) is 3. The Labute approximate surface area is 149 Å². The van der Waals surface area contributed by atoms with Gasteiger partial charge in [0.2, 0.25) is 0 Å². The zero-order valence-electron chi connectivity index (χ0n) is 14.5. The van der Waals surface area contributed by atoms with E-state index in [1.807, 2.05) is 28.6 Å². The maximum absolute atomic E-state index is 6.07. The second kappa shape index (κ2) is 9.11. The van der Waals surface area contributed by atoms with Gasteiger partial charge in [-0.05, 0) is 25.0 Å². The lowest BCUT2D eigenvalue weighted by Crippen LogP contribution is -2.28. The quantitative estimate of drug-likeness (QED) is 0.616. The third-order valence-electron chi connectivity index (χ3n) is 4.33. The molecule has 0 spiro atoms. The van der Waals surface area contributed by atoms with E-state index in [9.17, 15) is 0 Å². The Morgan fingerprint density at radius 3 is 2.92 bits per heavy atom. The van der Waals surface area contributed by atoms with Gasteiger partial charge >= 0.3 is 0 Å². The van der Waals surface area contributed by atoms with E-state index in [0.717, 1.165) is 30.2 Å². The largest absolute Gasteiger partial charge is 0.486 e. The number of hydrogen-bond donors (Lipinski definition) is 0. The monoisotopic (exact) mass is 345 g/mol. The fraction of sp³-hybridized carbons (Fsp3) is 0.579. The summed E-state index contributed by atoms with van der Waals surface area (Å²) in [6.07, 6.45) is 11.2. The SMILES string of the molecule is CCCCCCCCc1cn(CC2CSc3ccccc3O2)nn1. The van der Waals surface area contributed by atoms with Crippen molar-refractivity contribution in [3.8, 4) is 5.75 Å². The summed E-state index contributed by atoms with van der Waals surface area (Å²) in [7, 11) is 0. The van der Waals surface area contributed by atoms with Gasteiger partial charge < -0.3 is 4.74 Å². The zero-order valence-corrected chi connectivity index (χ0v) is 15.3. The second-order valence-electron chi connectivity index (χ2n) is 6.45. The van der Waals surface area contributed by atoms with Crippen LogP contribution in [0.4, 0.5) is 0 Å². The smallest absolute Gasteiger partial charge is 0.133 e. The molecule has 130 valence electrons.